The van der Waals surface area contributed by atoms with Crippen LogP contribution in [0.4, 0.5) is 14.5 Å². The maximum absolute atomic E-state index is 13.5. The molecular formula is C13H16F2N2O3. The number of benzene rings is 1. The van der Waals surface area contributed by atoms with Crippen LogP contribution >= 0.6 is 0 Å². The number of nitro groups is 1. The van der Waals surface area contributed by atoms with Crippen molar-refractivity contribution in [3.8, 4) is 5.75 Å². The van der Waals surface area contributed by atoms with Crippen molar-refractivity contribution in [1.82, 2.24) is 5.32 Å². The first-order valence-corrected chi connectivity index (χ1v) is 6.09. The van der Waals surface area contributed by atoms with Gasteiger partial charge < -0.3 is 10.1 Å². The maximum Gasteiger partial charge on any atom is 0.307 e. The predicted octanol–water partition coefficient (Wildman–Crippen LogP) is 2.81. The summed E-state index contributed by atoms with van der Waals surface area (Å²) in [6, 6.07) is 1.17. The minimum atomic E-state index is -1.14. The number of halogens is 2. The van der Waals surface area contributed by atoms with Gasteiger partial charge in [0.1, 0.15) is 6.61 Å². The van der Waals surface area contributed by atoms with E-state index in [9.17, 15) is 18.9 Å². The summed E-state index contributed by atoms with van der Waals surface area (Å²) < 4.78 is 31.9. The van der Waals surface area contributed by atoms with E-state index < -0.39 is 22.2 Å². The van der Waals surface area contributed by atoms with Crippen LogP contribution in [0.15, 0.2) is 24.3 Å². The Morgan fingerprint density at radius 1 is 1.45 bits per heavy atom. The Morgan fingerprint density at radius 2 is 2.15 bits per heavy atom. The van der Waals surface area contributed by atoms with Crippen LogP contribution in [0.3, 0.4) is 0 Å². The van der Waals surface area contributed by atoms with E-state index in [-0.39, 0.29) is 12.4 Å². The van der Waals surface area contributed by atoms with Gasteiger partial charge in [-0.1, -0.05) is 13.5 Å². The van der Waals surface area contributed by atoms with Gasteiger partial charge in [0.2, 0.25) is 5.82 Å². The van der Waals surface area contributed by atoms with E-state index in [1.807, 2.05) is 6.92 Å². The van der Waals surface area contributed by atoms with E-state index in [1.165, 1.54) is 0 Å². The molecule has 1 aromatic rings. The van der Waals surface area contributed by atoms with Crippen molar-refractivity contribution in [3.05, 3.63) is 46.0 Å². The molecule has 0 atom stereocenters. The van der Waals surface area contributed by atoms with Crippen LogP contribution in [0.2, 0.25) is 0 Å². The van der Waals surface area contributed by atoms with E-state index in [2.05, 4.69) is 11.9 Å². The zero-order valence-corrected chi connectivity index (χ0v) is 11.1. The third-order valence-corrected chi connectivity index (χ3v) is 2.43. The summed E-state index contributed by atoms with van der Waals surface area (Å²) in [6.45, 7) is 7.07. The highest BCUT2D eigenvalue weighted by Crippen LogP contribution is 2.26. The predicted molar refractivity (Wildman–Crippen MR) is 70.8 cm³/mol. The SMILES string of the molecule is C=C(CNCCC)COc1cc(F)c([N+](=O)[O-])cc1F. The van der Waals surface area contributed by atoms with Gasteiger partial charge in [-0.2, -0.15) is 4.39 Å². The molecule has 0 aliphatic rings. The molecule has 1 N–H and O–H groups in total. The van der Waals surface area contributed by atoms with E-state index >= 15 is 0 Å². The van der Waals surface area contributed by atoms with Crippen LogP contribution in [-0.4, -0.2) is 24.6 Å². The second kappa shape index (κ2) is 7.54. The maximum atomic E-state index is 13.5. The zero-order chi connectivity index (χ0) is 15.1. The highest BCUT2D eigenvalue weighted by atomic mass is 19.1. The Bertz CT molecular complexity index is 507. The number of nitrogens with one attached hydrogen (secondary N) is 1. The molecular weight excluding hydrogens is 270 g/mol. The topological polar surface area (TPSA) is 64.4 Å². The molecule has 1 rings (SSSR count). The molecule has 20 heavy (non-hydrogen) atoms. The van der Waals surface area contributed by atoms with Crippen LogP contribution < -0.4 is 10.1 Å². The monoisotopic (exact) mass is 286 g/mol. The fraction of sp³-hybridized carbons (Fsp3) is 0.385. The zero-order valence-electron chi connectivity index (χ0n) is 11.1. The molecule has 110 valence electrons. The van der Waals surface area contributed by atoms with Crippen molar-refractivity contribution in [1.29, 1.82) is 0 Å². The quantitative estimate of drug-likeness (QED) is 0.345. The first-order valence-electron chi connectivity index (χ1n) is 6.09. The Labute approximate surface area is 115 Å². The van der Waals surface area contributed by atoms with Crippen LogP contribution in [0.25, 0.3) is 0 Å². The minimum Gasteiger partial charge on any atom is -0.486 e. The number of hydrogen-bond acceptors (Lipinski definition) is 4. The fourth-order valence-electron chi connectivity index (χ4n) is 1.44. The molecule has 0 heterocycles. The van der Waals surface area contributed by atoms with Crippen LogP contribution in [0, 0.1) is 21.7 Å². The molecule has 0 saturated carbocycles. The van der Waals surface area contributed by atoms with Crippen LogP contribution in [-0.2, 0) is 0 Å². The van der Waals surface area contributed by atoms with E-state index in [0.717, 1.165) is 13.0 Å². The molecule has 0 radical (unpaired) electrons. The first kappa shape index (κ1) is 16.0. The minimum absolute atomic E-state index is 0.00485. The van der Waals surface area contributed by atoms with Crippen molar-refractivity contribution in [3.63, 3.8) is 0 Å². The molecule has 0 amide bonds. The van der Waals surface area contributed by atoms with Gasteiger partial charge in [0, 0.05) is 12.6 Å². The lowest BCUT2D eigenvalue weighted by molar-refractivity contribution is -0.387. The van der Waals surface area contributed by atoms with Gasteiger partial charge in [0.15, 0.2) is 11.6 Å². The molecule has 0 fully saturated rings. The fourth-order valence-corrected chi connectivity index (χ4v) is 1.44. The smallest absolute Gasteiger partial charge is 0.307 e. The molecule has 5 nitrogen and oxygen atoms in total. The Morgan fingerprint density at radius 3 is 2.75 bits per heavy atom. The van der Waals surface area contributed by atoms with Gasteiger partial charge >= 0.3 is 5.69 Å². The molecule has 7 heteroatoms. The van der Waals surface area contributed by atoms with Crippen molar-refractivity contribution in [2.45, 2.75) is 13.3 Å². The normalized spacial score (nSPS) is 10.3. The molecule has 0 spiro atoms. The van der Waals surface area contributed by atoms with Gasteiger partial charge in [-0.15, -0.1) is 0 Å². The van der Waals surface area contributed by atoms with Gasteiger partial charge in [-0.05, 0) is 18.5 Å². The van der Waals surface area contributed by atoms with Gasteiger partial charge in [-0.25, -0.2) is 4.39 Å². The third-order valence-electron chi connectivity index (χ3n) is 2.43. The first-order chi connectivity index (χ1) is 9.45. The highest BCUT2D eigenvalue weighted by molar-refractivity contribution is 5.39. The van der Waals surface area contributed by atoms with Crippen molar-refractivity contribution in [2.75, 3.05) is 19.7 Å². The Balaban J connectivity index is 2.63. The molecule has 0 aliphatic carbocycles. The average molecular weight is 286 g/mol. The lowest BCUT2D eigenvalue weighted by atomic mass is 10.2. The Hall–Kier alpha value is -2.02. The number of nitrogens with zero attached hydrogens (tertiary/aromatic N) is 1. The van der Waals surface area contributed by atoms with Gasteiger partial charge in [0.25, 0.3) is 0 Å². The molecule has 0 aromatic heterocycles. The average Bonchev–Trinajstić information content (AvgIpc) is 2.39. The number of rotatable bonds is 8. The summed E-state index contributed by atoms with van der Waals surface area (Å²) in [5.74, 6) is -2.49. The third kappa shape index (κ3) is 4.58. The standard InChI is InChI=1S/C13H16F2N2O3/c1-3-4-16-7-9(2)8-20-13-6-10(14)12(17(18)19)5-11(13)15/h5-6,16H,2-4,7-8H2,1H3. The van der Waals surface area contributed by atoms with Crippen molar-refractivity contribution >= 4 is 5.69 Å². The van der Waals surface area contributed by atoms with Gasteiger partial charge in [-0.3, -0.25) is 10.1 Å². The molecule has 1 aromatic carbocycles. The number of nitro benzene ring substituents is 1. The summed E-state index contributed by atoms with van der Waals surface area (Å²) in [5, 5.41) is 13.5. The van der Waals surface area contributed by atoms with Crippen molar-refractivity contribution in [2.24, 2.45) is 0 Å². The van der Waals surface area contributed by atoms with E-state index in [1.54, 1.807) is 0 Å². The summed E-state index contributed by atoms with van der Waals surface area (Å²) in [4.78, 5) is 9.44. The second-order valence-corrected chi connectivity index (χ2v) is 4.21. The van der Waals surface area contributed by atoms with Crippen LogP contribution in [0.5, 0.6) is 5.75 Å². The molecule has 0 bridgehead atoms. The summed E-state index contributed by atoms with van der Waals surface area (Å²) in [5.41, 5.74) is -0.255. The number of hydrogen-bond donors (Lipinski definition) is 1. The largest absolute Gasteiger partial charge is 0.486 e. The van der Waals surface area contributed by atoms with E-state index in [0.29, 0.717) is 24.3 Å². The molecule has 0 aliphatic heterocycles. The lowest BCUT2D eigenvalue weighted by Crippen LogP contribution is -2.20. The van der Waals surface area contributed by atoms with Gasteiger partial charge in [0.05, 0.1) is 11.0 Å². The lowest BCUT2D eigenvalue weighted by Gasteiger charge is -2.10. The summed E-state index contributed by atoms with van der Waals surface area (Å²) in [7, 11) is 0. The molecule has 0 saturated heterocycles. The second-order valence-electron chi connectivity index (χ2n) is 4.21. The summed E-state index contributed by atoms with van der Waals surface area (Å²) in [6.07, 6.45) is 0.969. The summed E-state index contributed by atoms with van der Waals surface area (Å²) >= 11 is 0. The van der Waals surface area contributed by atoms with Crippen molar-refractivity contribution < 1.29 is 18.4 Å². The highest BCUT2D eigenvalue weighted by Gasteiger charge is 2.19. The Kier molecular flexibility index (Phi) is 6.05. The van der Waals surface area contributed by atoms with E-state index in [4.69, 9.17) is 4.74 Å². The number of ether oxygens (including phenoxy) is 1. The van der Waals surface area contributed by atoms with Crippen LogP contribution in [0.1, 0.15) is 13.3 Å². The molecule has 0 unspecified atom stereocenters.